The number of Topliss-reactive ketones (excluding diaryl/α,β-unsaturated/α-hetero) is 1. The van der Waals surface area contributed by atoms with Crippen LogP contribution in [0, 0.1) is 0 Å². The zero-order valence-corrected chi connectivity index (χ0v) is 25.6. The van der Waals surface area contributed by atoms with Crippen LogP contribution in [0.1, 0.15) is 41.5 Å². The number of likely N-dealkylation sites (tertiary alicyclic amines) is 2. The average Bonchev–Trinajstić information content (AvgIpc) is 3.57. The topological polar surface area (TPSA) is 132 Å². The minimum absolute atomic E-state index is 0.00505. The zero-order chi connectivity index (χ0) is 31.2. The predicted molar refractivity (Wildman–Crippen MR) is 162 cm³/mol. The summed E-state index contributed by atoms with van der Waals surface area (Å²) in [4.78, 5) is 17.1. The van der Waals surface area contributed by atoms with Gasteiger partial charge in [-0.2, -0.15) is 0 Å². The summed E-state index contributed by atoms with van der Waals surface area (Å²) >= 11 is 0. The quantitative estimate of drug-likeness (QED) is 0.377. The molecule has 10 rings (SSSR count). The number of ether oxygens (including phenoxy) is 3. The van der Waals surface area contributed by atoms with Crippen molar-refractivity contribution in [2.45, 2.75) is 78.9 Å². The van der Waals surface area contributed by atoms with Gasteiger partial charge in [0.15, 0.2) is 41.0 Å². The maximum Gasteiger partial charge on any atom is 0.177 e. The lowest BCUT2D eigenvalue weighted by Crippen LogP contribution is -2.80. The Bertz CT molecular complexity index is 1750. The molecule has 4 heterocycles. The van der Waals surface area contributed by atoms with Gasteiger partial charge in [-0.05, 0) is 87.8 Å². The lowest BCUT2D eigenvalue weighted by atomic mass is 9.48. The summed E-state index contributed by atoms with van der Waals surface area (Å²) in [5.41, 5.74) is 3.11. The van der Waals surface area contributed by atoms with Crippen LogP contribution in [0.4, 0.5) is 0 Å². The first kappa shape index (κ1) is 27.7. The molecule has 10 nitrogen and oxygen atoms in total. The molecule has 0 aromatic heterocycles. The molecule has 8 atom stereocenters. The van der Waals surface area contributed by atoms with Gasteiger partial charge in [-0.3, -0.25) is 9.69 Å². The summed E-state index contributed by atoms with van der Waals surface area (Å²) in [5.74, 6) is 1.88. The molecular formula is C35H38N2O8. The lowest BCUT2D eigenvalue weighted by molar-refractivity contribution is -0.226. The Hall–Kier alpha value is -3.57. The van der Waals surface area contributed by atoms with Gasteiger partial charge in [0.2, 0.25) is 0 Å². The number of hydrogen-bond acceptors (Lipinski definition) is 10. The standard InChI is InChI=1S/C18H19NO3.C17H19NO5/c1-19-8-7-18-11-4-6-14(21-2)17(18)22-16-13(20)5-3-10(15(16)18)9-12(11)19;1-18-5-4-16-13-8-2-3-9(19)14(13)23-15(16)10(20)7-12(21)17(16,22)11(18)6-8/h3-6,12,17,20H,7-9H2,1-2H3;2-3,11-12,15,19,21-22H,4-7H2,1H3/t12-,17+,18+;11-,12?,15+,16+,17+/m11/s1. The van der Waals surface area contributed by atoms with Crippen molar-refractivity contribution in [1.29, 1.82) is 0 Å². The molecule has 2 aromatic carbocycles. The van der Waals surface area contributed by atoms with Crippen molar-refractivity contribution in [3.8, 4) is 23.0 Å². The van der Waals surface area contributed by atoms with Crippen LogP contribution in [-0.4, -0.2) is 106 Å². The number of aromatic hydroxyl groups is 2. The van der Waals surface area contributed by atoms with Gasteiger partial charge in [0, 0.05) is 29.6 Å². The van der Waals surface area contributed by atoms with E-state index in [1.165, 1.54) is 16.7 Å². The molecule has 4 bridgehead atoms. The van der Waals surface area contributed by atoms with E-state index in [0.717, 1.165) is 36.3 Å². The third kappa shape index (κ3) is 3.03. The number of hydrogen-bond donors (Lipinski definition) is 4. The minimum Gasteiger partial charge on any atom is -0.504 e. The summed E-state index contributed by atoms with van der Waals surface area (Å²) in [7, 11) is 5.84. The number of nitrogens with zero attached hydrogens (tertiary/aromatic N) is 2. The normalized spacial score (nSPS) is 39.3. The Morgan fingerprint density at radius 1 is 0.867 bits per heavy atom. The summed E-state index contributed by atoms with van der Waals surface area (Å²) in [6, 6.07) is 7.41. The van der Waals surface area contributed by atoms with Gasteiger partial charge < -0.3 is 39.5 Å². The molecule has 2 saturated heterocycles. The van der Waals surface area contributed by atoms with Crippen LogP contribution in [-0.2, 0) is 33.2 Å². The van der Waals surface area contributed by atoms with Crippen molar-refractivity contribution in [3.05, 3.63) is 70.0 Å². The lowest BCUT2D eigenvalue weighted by Gasteiger charge is -2.63. The van der Waals surface area contributed by atoms with Gasteiger partial charge in [0.05, 0.1) is 24.0 Å². The third-order valence-electron chi connectivity index (χ3n) is 12.5. The Kier molecular flexibility index (Phi) is 5.43. The molecular weight excluding hydrogens is 576 g/mol. The molecule has 2 spiro atoms. The van der Waals surface area contributed by atoms with Crippen LogP contribution >= 0.6 is 0 Å². The molecule has 45 heavy (non-hydrogen) atoms. The van der Waals surface area contributed by atoms with E-state index < -0.39 is 23.2 Å². The van der Waals surface area contributed by atoms with Crippen molar-refractivity contribution in [2.24, 2.45) is 0 Å². The van der Waals surface area contributed by atoms with E-state index in [9.17, 15) is 25.2 Å². The minimum atomic E-state index is -1.44. The SMILES string of the molecule is CN1CC[C@]23c4c5ccc(O)c4O[C@H]2C(=O)CC(O)[C@@]3(O)[C@H]1C5.COC1=CC=C2[C@H]3Cc4ccc(O)c5c4[C@@]2(CCN3C)[C@H]1O5. The number of aliphatic hydroxyl groups is 2. The van der Waals surface area contributed by atoms with E-state index in [2.05, 4.69) is 29.0 Å². The van der Waals surface area contributed by atoms with Crippen LogP contribution in [0.3, 0.4) is 0 Å². The fourth-order valence-electron chi connectivity index (χ4n) is 10.5. The van der Waals surface area contributed by atoms with E-state index in [1.807, 2.05) is 19.2 Å². The van der Waals surface area contributed by atoms with Gasteiger partial charge in [0.25, 0.3) is 0 Å². The molecule has 1 unspecified atom stereocenters. The van der Waals surface area contributed by atoms with Crippen LogP contribution in [0.15, 0.2) is 47.7 Å². The van der Waals surface area contributed by atoms with Crippen molar-refractivity contribution in [2.75, 3.05) is 34.3 Å². The molecule has 4 aliphatic heterocycles. The zero-order valence-electron chi connectivity index (χ0n) is 25.6. The molecule has 0 radical (unpaired) electrons. The summed E-state index contributed by atoms with van der Waals surface area (Å²) in [6.45, 7) is 1.74. The number of piperidine rings is 2. The first-order valence-electron chi connectivity index (χ1n) is 15.9. The largest absolute Gasteiger partial charge is 0.504 e. The Balaban J connectivity index is 0.000000125. The Morgan fingerprint density at radius 2 is 1.53 bits per heavy atom. The monoisotopic (exact) mass is 614 g/mol. The van der Waals surface area contributed by atoms with Gasteiger partial charge in [0.1, 0.15) is 11.4 Å². The Labute approximate surface area is 261 Å². The summed E-state index contributed by atoms with van der Waals surface area (Å²) in [5, 5.41) is 42.8. The Morgan fingerprint density at radius 3 is 2.27 bits per heavy atom. The molecule has 10 heteroatoms. The van der Waals surface area contributed by atoms with E-state index in [-0.39, 0.29) is 41.3 Å². The maximum atomic E-state index is 12.6. The number of aliphatic hydroxyl groups excluding tert-OH is 1. The number of allylic oxidation sites excluding steroid dienone is 2. The number of carbonyl (C=O) groups is 1. The highest BCUT2D eigenvalue weighted by Gasteiger charge is 2.75. The second kappa shape index (κ2) is 8.82. The van der Waals surface area contributed by atoms with E-state index in [1.54, 1.807) is 19.2 Å². The highest BCUT2D eigenvalue weighted by Crippen LogP contribution is 2.65. The first-order chi connectivity index (χ1) is 21.6. The summed E-state index contributed by atoms with van der Waals surface area (Å²) < 4.78 is 17.7. The van der Waals surface area contributed by atoms with Gasteiger partial charge >= 0.3 is 0 Å². The molecule has 4 aliphatic carbocycles. The van der Waals surface area contributed by atoms with Crippen LogP contribution in [0.2, 0.25) is 0 Å². The first-order valence-corrected chi connectivity index (χ1v) is 15.9. The van der Waals surface area contributed by atoms with E-state index in [4.69, 9.17) is 14.2 Å². The number of carbonyl (C=O) groups excluding carboxylic acids is 1. The van der Waals surface area contributed by atoms with Gasteiger partial charge in [-0.1, -0.05) is 18.2 Å². The van der Waals surface area contributed by atoms with Crippen LogP contribution in [0.25, 0.3) is 0 Å². The number of rotatable bonds is 1. The predicted octanol–water partition coefficient (Wildman–Crippen LogP) is 1.84. The molecule has 8 aliphatic rings. The number of phenolic OH excluding ortho intramolecular Hbond substituents is 2. The number of phenols is 2. The highest BCUT2D eigenvalue weighted by molar-refractivity contribution is 5.90. The molecule has 236 valence electrons. The van der Waals surface area contributed by atoms with E-state index >= 15 is 0 Å². The van der Waals surface area contributed by atoms with Gasteiger partial charge in [-0.15, -0.1) is 0 Å². The van der Waals surface area contributed by atoms with Crippen molar-refractivity contribution in [1.82, 2.24) is 9.80 Å². The van der Waals surface area contributed by atoms with Crippen LogP contribution < -0.4 is 9.47 Å². The van der Waals surface area contributed by atoms with Crippen LogP contribution in [0.5, 0.6) is 23.0 Å². The molecule has 4 N–H and O–H groups in total. The van der Waals surface area contributed by atoms with Crippen molar-refractivity contribution in [3.63, 3.8) is 0 Å². The van der Waals surface area contributed by atoms with E-state index in [0.29, 0.717) is 36.9 Å². The fourth-order valence-corrected chi connectivity index (χ4v) is 10.5. The van der Waals surface area contributed by atoms with Crippen molar-refractivity contribution >= 4 is 5.78 Å². The molecule has 0 amide bonds. The maximum absolute atomic E-state index is 12.6. The number of likely N-dealkylation sites (N-methyl/N-ethyl adjacent to an activating group) is 2. The number of methoxy groups -OCH3 is 1. The average molecular weight is 615 g/mol. The van der Waals surface area contributed by atoms with Crippen molar-refractivity contribution < 1.29 is 39.4 Å². The third-order valence-corrected chi connectivity index (χ3v) is 12.5. The summed E-state index contributed by atoms with van der Waals surface area (Å²) in [6.07, 6.45) is 5.14. The smallest absolute Gasteiger partial charge is 0.177 e. The molecule has 2 aromatic rings. The number of benzene rings is 2. The second-order valence-corrected chi connectivity index (χ2v) is 14.1. The highest BCUT2D eigenvalue weighted by atomic mass is 16.5. The fraction of sp³-hybridized carbons (Fsp3) is 0.514. The van der Waals surface area contributed by atoms with Gasteiger partial charge in [-0.25, -0.2) is 0 Å². The second-order valence-electron chi connectivity index (χ2n) is 14.1. The number of ketones is 1. The molecule has 1 saturated carbocycles. The molecule has 3 fully saturated rings.